The molecule has 0 saturated heterocycles. The SMILES string of the molecule is CCCNc1ncc(F)cc1C(=O)NC(C)CCSC. The second-order valence-electron chi connectivity index (χ2n) is 4.63. The lowest BCUT2D eigenvalue weighted by atomic mass is 10.2. The molecule has 0 aliphatic heterocycles. The Balaban J connectivity index is 2.76. The Morgan fingerprint density at radius 2 is 2.30 bits per heavy atom. The van der Waals surface area contributed by atoms with E-state index in [0.717, 1.165) is 24.8 Å². The fraction of sp³-hybridized carbons (Fsp3) is 0.571. The molecule has 1 atom stereocenters. The number of carbonyl (C=O) groups excluding carboxylic acids is 1. The molecule has 0 bridgehead atoms. The highest BCUT2D eigenvalue weighted by Gasteiger charge is 2.15. The maximum Gasteiger partial charge on any atom is 0.255 e. The molecule has 0 aliphatic rings. The Hall–Kier alpha value is -1.30. The van der Waals surface area contributed by atoms with Gasteiger partial charge in [0.25, 0.3) is 5.91 Å². The van der Waals surface area contributed by atoms with Crippen molar-refractivity contribution in [3.8, 4) is 0 Å². The summed E-state index contributed by atoms with van der Waals surface area (Å²) in [5.41, 5.74) is 0.259. The van der Waals surface area contributed by atoms with Gasteiger partial charge in [0.15, 0.2) is 0 Å². The highest BCUT2D eigenvalue weighted by molar-refractivity contribution is 7.98. The van der Waals surface area contributed by atoms with Gasteiger partial charge in [-0.3, -0.25) is 4.79 Å². The van der Waals surface area contributed by atoms with Crippen molar-refractivity contribution in [1.82, 2.24) is 10.3 Å². The van der Waals surface area contributed by atoms with Crippen LogP contribution in [0.4, 0.5) is 10.2 Å². The summed E-state index contributed by atoms with van der Waals surface area (Å²) in [5.74, 6) is 0.616. The Morgan fingerprint density at radius 3 is 2.95 bits per heavy atom. The predicted molar refractivity (Wildman–Crippen MR) is 82.9 cm³/mol. The van der Waals surface area contributed by atoms with Crippen LogP contribution < -0.4 is 10.6 Å². The maximum absolute atomic E-state index is 13.3. The number of halogens is 1. The average Bonchev–Trinajstić information content (AvgIpc) is 2.43. The number of carbonyl (C=O) groups is 1. The van der Waals surface area contributed by atoms with Crippen LogP contribution in [-0.2, 0) is 0 Å². The van der Waals surface area contributed by atoms with Crippen LogP contribution in [0.2, 0.25) is 0 Å². The lowest BCUT2D eigenvalue weighted by Gasteiger charge is -2.15. The van der Waals surface area contributed by atoms with Crippen LogP contribution in [0.15, 0.2) is 12.3 Å². The smallest absolute Gasteiger partial charge is 0.255 e. The van der Waals surface area contributed by atoms with Gasteiger partial charge in [0.1, 0.15) is 11.6 Å². The number of aromatic nitrogens is 1. The van der Waals surface area contributed by atoms with Crippen LogP contribution in [0.3, 0.4) is 0 Å². The van der Waals surface area contributed by atoms with E-state index < -0.39 is 5.82 Å². The molecule has 1 unspecified atom stereocenters. The zero-order chi connectivity index (χ0) is 15.0. The fourth-order valence-electron chi connectivity index (χ4n) is 1.66. The van der Waals surface area contributed by atoms with Gasteiger partial charge in [0, 0.05) is 12.6 Å². The van der Waals surface area contributed by atoms with E-state index in [2.05, 4.69) is 15.6 Å². The number of pyridine rings is 1. The van der Waals surface area contributed by atoms with E-state index >= 15 is 0 Å². The molecule has 1 amide bonds. The summed E-state index contributed by atoms with van der Waals surface area (Å²) in [5, 5.41) is 5.92. The van der Waals surface area contributed by atoms with E-state index in [1.165, 1.54) is 6.07 Å². The van der Waals surface area contributed by atoms with Gasteiger partial charge in [-0.25, -0.2) is 9.37 Å². The third kappa shape index (κ3) is 5.36. The fourth-order valence-corrected chi connectivity index (χ4v) is 2.25. The average molecular weight is 299 g/mol. The molecule has 1 aromatic heterocycles. The highest BCUT2D eigenvalue weighted by atomic mass is 32.2. The molecule has 20 heavy (non-hydrogen) atoms. The maximum atomic E-state index is 13.3. The highest BCUT2D eigenvalue weighted by Crippen LogP contribution is 2.14. The minimum Gasteiger partial charge on any atom is -0.369 e. The van der Waals surface area contributed by atoms with Crippen LogP contribution >= 0.6 is 11.8 Å². The molecule has 1 rings (SSSR count). The first-order valence-corrected chi connectivity index (χ1v) is 8.17. The van der Waals surface area contributed by atoms with Crippen molar-refractivity contribution in [2.24, 2.45) is 0 Å². The van der Waals surface area contributed by atoms with Gasteiger partial charge in [-0.05, 0) is 37.8 Å². The molecule has 0 aromatic carbocycles. The first kappa shape index (κ1) is 16.8. The molecule has 0 radical (unpaired) electrons. The van der Waals surface area contributed by atoms with Gasteiger partial charge in [-0.15, -0.1) is 0 Å². The Morgan fingerprint density at radius 1 is 1.55 bits per heavy atom. The summed E-state index contributed by atoms with van der Waals surface area (Å²) in [6.07, 6.45) is 4.93. The minimum atomic E-state index is -0.506. The van der Waals surface area contributed by atoms with Gasteiger partial charge < -0.3 is 10.6 Å². The second kappa shape index (κ2) is 8.79. The molecular formula is C14H22FN3OS. The number of nitrogens with one attached hydrogen (secondary N) is 2. The standard InChI is InChI=1S/C14H22FN3OS/c1-4-6-16-13-12(8-11(15)9-17-13)14(19)18-10(2)5-7-20-3/h8-10H,4-7H2,1-3H3,(H,16,17)(H,18,19). The molecular weight excluding hydrogens is 277 g/mol. The van der Waals surface area contributed by atoms with E-state index in [1.54, 1.807) is 11.8 Å². The van der Waals surface area contributed by atoms with E-state index in [9.17, 15) is 9.18 Å². The minimum absolute atomic E-state index is 0.0530. The van der Waals surface area contributed by atoms with Gasteiger partial charge in [0.05, 0.1) is 11.8 Å². The second-order valence-corrected chi connectivity index (χ2v) is 5.62. The van der Waals surface area contributed by atoms with E-state index in [0.29, 0.717) is 12.4 Å². The van der Waals surface area contributed by atoms with Crippen molar-refractivity contribution in [2.75, 3.05) is 23.9 Å². The Labute approximate surface area is 123 Å². The molecule has 1 heterocycles. The quantitative estimate of drug-likeness (QED) is 0.775. The summed E-state index contributed by atoms with van der Waals surface area (Å²) in [6.45, 7) is 4.65. The lowest BCUT2D eigenvalue weighted by molar-refractivity contribution is 0.0939. The van der Waals surface area contributed by atoms with Crippen LogP contribution in [0.5, 0.6) is 0 Å². The zero-order valence-corrected chi connectivity index (χ0v) is 13.0. The van der Waals surface area contributed by atoms with Gasteiger partial charge in [0.2, 0.25) is 0 Å². The van der Waals surface area contributed by atoms with Crippen molar-refractivity contribution in [1.29, 1.82) is 0 Å². The molecule has 0 saturated carbocycles. The molecule has 6 heteroatoms. The third-order valence-electron chi connectivity index (χ3n) is 2.77. The number of thioether (sulfide) groups is 1. The normalized spacial score (nSPS) is 12.0. The van der Waals surface area contributed by atoms with Crippen molar-refractivity contribution in [3.05, 3.63) is 23.6 Å². The van der Waals surface area contributed by atoms with Gasteiger partial charge in [-0.2, -0.15) is 11.8 Å². The lowest BCUT2D eigenvalue weighted by Crippen LogP contribution is -2.33. The monoisotopic (exact) mass is 299 g/mol. The summed E-state index contributed by atoms with van der Waals surface area (Å²) < 4.78 is 13.3. The summed E-state index contributed by atoms with van der Waals surface area (Å²) in [6, 6.07) is 1.28. The first-order chi connectivity index (χ1) is 9.58. The molecule has 0 aliphatic carbocycles. The molecule has 112 valence electrons. The molecule has 4 nitrogen and oxygen atoms in total. The van der Waals surface area contributed by atoms with E-state index in [1.807, 2.05) is 20.1 Å². The predicted octanol–water partition coefficient (Wildman–Crippen LogP) is 2.91. The number of hydrogen-bond acceptors (Lipinski definition) is 4. The van der Waals surface area contributed by atoms with Crippen molar-refractivity contribution < 1.29 is 9.18 Å². The Bertz CT molecular complexity index is 442. The van der Waals surface area contributed by atoms with Crippen molar-refractivity contribution in [3.63, 3.8) is 0 Å². The number of rotatable bonds is 8. The summed E-state index contributed by atoms with van der Waals surface area (Å²) >= 11 is 1.73. The van der Waals surface area contributed by atoms with Crippen LogP contribution in [-0.4, -0.2) is 35.5 Å². The molecule has 1 aromatic rings. The number of amides is 1. The number of hydrogen-bond donors (Lipinski definition) is 2. The van der Waals surface area contributed by atoms with E-state index in [-0.39, 0.29) is 17.5 Å². The largest absolute Gasteiger partial charge is 0.369 e. The number of anilines is 1. The van der Waals surface area contributed by atoms with Crippen LogP contribution in [0, 0.1) is 5.82 Å². The Kier molecular flexibility index (Phi) is 7.36. The van der Waals surface area contributed by atoms with Gasteiger partial charge in [-0.1, -0.05) is 6.92 Å². The van der Waals surface area contributed by atoms with E-state index in [4.69, 9.17) is 0 Å². The van der Waals surface area contributed by atoms with Gasteiger partial charge >= 0.3 is 0 Å². The summed E-state index contributed by atoms with van der Waals surface area (Å²) in [4.78, 5) is 16.1. The molecule has 0 spiro atoms. The topological polar surface area (TPSA) is 54.0 Å². The first-order valence-electron chi connectivity index (χ1n) is 6.77. The van der Waals surface area contributed by atoms with Crippen molar-refractivity contribution in [2.45, 2.75) is 32.7 Å². The zero-order valence-electron chi connectivity index (χ0n) is 12.2. The van der Waals surface area contributed by atoms with Crippen LogP contribution in [0.25, 0.3) is 0 Å². The number of nitrogens with zero attached hydrogens (tertiary/aromatic N) is 1. The molecule has 0 fully saturated rings. The molecule has 2 N–H and O–H groups in total. The van der Waals surface area contributed by atoms with Crippen molar-refractivity contribution >= 4 is 23.5 Å². The summed E-state index contributed by atoms with van der Waals surface area (Å²) in [7, 11) is 0. The third-order valence-corrected chi connectivity index (χ3v) is 3.42. The van der Waals surface area contributed by atoms with Crippen LogP contribution in [0.1, 0.15) is 37.0 Å².